The molecule has 0 spiro atoms. The fraction of sp³-hybridized carbons (Fsp3) is 0.417. The smallest absolute Gasteiger partial charge is 0.254 e. The van der Waals surface area contributed by atoms with Gasteiger partial charge in [0, 0.05) is 28.5 Å². The van der Waals surface area contributed by atoms with Gasteiger partial charge in [0.15, 0.2) is 0 Å². The van der Waals surface area contributed by atoms with Crippen LogP contribution in [-0.4, -0.2) is 28.7 Å². The molecule has 2 nitrogen and oxygen atoms in total. The van der Waals surface area contributed by atoms with Crippen LogP contribution in [0.4, 0.5) is 0 Å². The first kappa shape index (κ1) is 13.5. The molecule has 0 aromatic heterocycles. The minimum absolute atomic E-state index is 0.0473. The van der Waals surface area contributed by atoms with Crippen LogP contribution in [0.15, 0.2) is 24.3 Å². The minimum Gasteiger partial charge on any atom is -0.335 e. The van der Waals surface area contributed by atoms with E-state index >= 15 is 0 Å². The Labute approximate surface area is 110 Å². The molecular formula is C12H15BrClNO. The number of carbonyl (C=O) groups excluding carboxylic acids is 1. The molecular weight excluding hydrogens is 289 g/mol. The second kappa shape index (κ2) is 6.26. The average Bonchev–Trinajstić information content (AvgIpc) is 2.25. The van der Waals surface area contributed by atoms with Crippen LogP contribution in [0, 0.1) is 0 Å². The Bertz CT molecular complexity index is 351. The molecule has 1 aromatic carbocycles. The first-order chi connectivity index (χ1) is 7.56. The molecule has 0 radical (unpaired) electrons. The van der Waals surface area contributed by atoms with E-state index in [0.29, 0.717) is 17.1 Å². The van der Waals surface area contributed by atoms with Crippen molar-refractivity contribution in [3.05, 3.63) is 34.9 Å². The highest BCUT2D eigenvalue weighted by Gasteiger charge is 2.17. The first-order valence-corrected chi connectivity index (χ1v) is 6.68. The third-order valence-corrected chi connectivity index (χ3v) is 2.91. The molecule has 0 saturated carbocycles. The molecule has 0 aliphatic rings. The highest BCUT2D eigenvalue weighted by molar-refractivity contribution is 9.09. The van der Waals surface area contributed by atoms with E-state index in [1.807, 2.05) is 18.7 Å². The van der Waals surface area contributed by atoms with E-state index in [9.17, 15) is 4.79 Å². The van der Waals surface area contributed by atoms with Crippen LogP contribution in [0.1, 0.15) is 24.2 Å². The van der Waals surface area contributed by atoms with Gasteiger partial charge in [0.25, 0.3) is 5.91 Å². The maximum atomic E-state index is 12.1. The summed E-state index contributed by atoms with van der Waals surface area (Å²) in [5.74, 6) is 0.0473. The van der Waals surface area contributed by atoms with Gasteiger partial charge in [-0.25, -0.2) is 0 Å². The quantitative estimate of drug-likeness (QED) is 0.779. The summed E-state index contributed by atoms with van der Waals surface area (Å²) in [5.41, 5.74) is 0.680. The van der Waals surface area contributed by atoms with E-state index < -0.39 is 0 Å². The zero-order chi connectivity index (χ0) is 12.1. The van der Waals surface area contributed by atoms with Crippen molar-refractivity contribution in [1.29, 1.82) is 0 Å². The van der Waals surface area contributed by atoms with E-state index in [1.54, 1.807) is 24.3 Å². The van der Waals surface area contributed by atoms with Crippen LogP contribution in [0.3, 0.4) is 0 Å². The summed E-state index contributed by atoms with van der Waals surface area (Å²) in [5, 5.41) is 1.43. The van der Waals surface area contributed by atoms with E-state index in [-0.39, 0.29) is 11.9 Å². The Morgan fingerprint density at radius 1 is 1.38 bits per heavy atom. The summed E-state index contributed by atoms with van der Waals surface area (Å²) in [6.45, 7) is 4.73. The van der Waals surface area contributed by atoms with Crippen LogP contribution in [0.2, 0.25) is 5.02 Å². The maximum Gasteiger partial charge on any atom is 0.254 e. The SMILES string of the molecule is CC(C)N(CCBr)C(=O)c1ccc(Cl)cc1. The van der Waals surface area contributed by atoms with Crippen LogP contribution in [0.25, 0.3) is 0 Å². The first-order valence-electron chi connectivity index (χ1n) is 5.18. The predicted molar refractivity (Wildman–Crippen MR) is 71.4 cm³/mol. The Kier molecular flexibility index (Phi) is 5.29. The molecule has 4 heteroatoms. The highest BCUT2D eigenvalue weighted by Crippen LogP contribution is 2.13. The lowest BCUT2D eigenvalue weighted by Gasteiger charge is -2.26. The van der Waals surface area contributed by atoms with Crippen molar-refractivity contribution in [1.82, 2.24) is 4.90 Å². The molecule has 0 atom stereocenters. The lowest BCUT2D eigenvalue weighted by molar-refractivity contribution is 0.0719. The van der Waals surface area contributed by atoms with Gasteiger partial charge in [0.1, 0.15) is 0 Å². The van der Waals surface area contributed by atoms with Gasteiger partial charge in [0.2, 0.25) is 0 Å². The lowest BCUT2D eigenvalue weighted by atomic mass is 10.2. The molecule has 0 N–H and O–H groups in total. The van der Waals surface area contributed by atoms with Crippen molar-refractivity contribution in [2.24, 2.45) is 0 Å². The number of halogens is 2. The third-order valence-electron chi connectivity index (χ3n) is 2.30. The van der Waals surface area contributed by atoms with Crippen LogP contribution >= 0.6 is 27.5 Å². The van der Waals surface area contributed by atoms with E-state index in [0.717, 1.165) is 5.33 Å². The minimum atomic E-state index is 0.0473. The summed E-state index contributed by atoms with van der Waals surface area (Å²) >= 11 is 9.14. The lowest BCUT2D eigenvalue weighted by Crippen LogP contribution is -2.38. The van der Waals surface area contributed by atoms with Crippen LogP contribution in [0.5, 0.6) is 0 Å². The number of alkyl halides is 1. The fourth-order valence-corrected chi connectivity index (χ4v) is 1.95. The van der Waals surface area contributed by atoms with Gasteiger partial charge in [-0.15, -0.1) is 0 Å². The van der Waals surface area contributed by atoms with E-state index in [4.69, 9.17) is 11.6 Å². The Morgan fingerprint density at radius 2 is 1.94 bits per heavy atom. The van der Waals surface area contributed by atoms with Crippen molar-refractivity contribution < 1.29 is 4.79 Å². The van der Waals surface area contributed by atoms with Crippen molar-refractivity contribution in [3.8, 4) is 0 Å². The van der Waals surface area contributed by atoms with Crippen molar-refractivity contribution in [3.63, 3.8) is 0 Å². The normalized spacial score (nSPS) is 10.6. The average molecular weight is 305 g/mol. The molecule has 1 aromatic rings. The molecule has 0 heterocycles. The molecule has 0 aliphatic carbocycles. The summed E-state index contributed by atoms with van der Waals surface area (Å²) < 4.78 is 0. The molecule has 0 saturated heterocycles. The van der Waals surface area contributed by atoms with Gasteiger partial charge in [-0.05, 0) is 38.1 Å². The van der Waals surface area contributed by atoms with Gasteiger partial charge >= 0.3 is 0 Å². The molecule has 88 valence electrons. The molecule has 1 rings (SSSR count). The Balaban J connectivity index is 2.86. The number of nitrogens with zero attached hydrogens (tertiary/aromatic N) is 1. The molecule has 0 fully saturated rings. The standard InChI is InChI=1S/C12H15BrClNO/c1-9(2)15(8-7-13)12(16)10-3-5-11(14)6-4-10/h3-6,9H,7-8H2,1-2H3. The number of rotatable bonds is 4. The van der Waals surface area contributed by atoms with Crippen molar-refractivity contribution >= 4 is 33.4 Å². The second-order valence-corrected chi connectivity index (χ2v) is 5.02. The van der Waals surface area contributed by atoms with Gasteiger partial charge < -0.3 is 4.90 Å². The van der Waals surface area contributed by atoms with Gasteiger partial charge in [-0.1, -0.05) is 27.5 Å². The van der Waals surface area contributed by atoms with E-state index in [1.165, 1.54) is 0 Å². The van der Waals surface area contributed by atoms with E-state index in [2.05, 4.69) is 15.9 Å². The van der Waals surface area contributed by atoms with Crippen LogP contribution < -0.4 is 0 Å². The molecule has 16 heavy (non-hydrogen) atoms. The fourth-order valence-electron chi connectivity index (χ4n) is 1.44. The molecule has 0 unspecified atom stereocenters. The van der Waals surface area contributed by atoms with Crippen LogP contribution in [-0.2, 0) is 0 Å². The summed E-state index contributed by atoms with van der Waals surface area (Å²) in [6, 6.07) is 7.19. The summed E-state index contributed by atoms with van der Waals surface area (Å²) in [6.07, 6.45) is 0. The monoisotopic (exact) mass is 303 g/mol. The molecule has 1 amide bonds. The summed E-state index contributed by atoms with van der Waals surface area (Å²) in [7, 11) is 0. The number of amides is 1. The number of carbonyl (C=O) groups is 1. The highest BCUT2D eigenvalue weighted by atomic mass is 79.9. The zero-order valence-electron chi connectivity index (χ0n) is 9.41. The molecule has 0 aliphatic heterocycles. The Morgan fingerprint density at radius 3 is 2.38 bits per heavy atom. The molecule has 0 bridgehead atoms. The van der Waals surface area contributed by atoms with Crippen molar-refractivity contribution in [2.45, 2.75) is 19.9 Å². The predicted octanol–water partition coefficient (Wildman–Crippen LogP) is 3.59. The van der Waals surface area contributed by atoms with Gasteiger partial charge in [0.05, 0.1) is 0 Å². The number of hydrogen-bond donors (Lipinski definition) is 0. The van der Waals surface area contributed by atoms with Crippen molar-refractivity contribution in [2.75, 3.05) is 11.9 Å². The number of hydrogen-bond acceptors (Lipinski definition) is 1. The van der Waals surface area contributed by atoms with Gasteiger partial charge in [-0.3, -0.25) is 4.79 Å². The second-order valence-electron chi connectivity index (χ2n) is 3.79. The Hall–Kier alpha value is -0.540. The summed E-state index contributed by atoms with van der Waals surface area (Å²) in [4.78, 5) is 14.0. The van der Waals surface area contributed by atoms with Gasteiger partial charge in [-0.2, -0.15) is 0 Å². The zero-order valence-corrected chi connectivity index (χ0v) is 11.8. The topological polar surface area (TPSA) is 20.3 Å². The third kappa shape index (κ3) is 3.49. The largest absolute Gasteiger partial charge is 0.335 e. The maximum absolute atomic E-state index is 12.1. The number of benzene rings is 1.